The number of alkyl halides is 3. The van der Waals surface area contributed by atoms with E-state index >= 15 is 0 Å². The lowest BCUT2D eigenvalue weighted by Crippen LogP contribution is -2.53. The van der Waals surface area contributed by atoms with Crippen LogP contribution in [-0.2, 0) is 16.1 Å². The van der Waals surface area contributed by atoms with Crippen molar-refractivity contribution in [1.29, 1.82) is 0 Å². The van der Waals surface area contributed by atoms with Gasteiger partial charge in [0.1, 0.15) is 11.9 Å². The molecule has 4 aliphatic heterocycles. The number of ether oxygens (including phenoxy) is 1. The highest BCUT2D eigenvalue weighted by Crippen LogP contribution is 2.37. The second-order valence-electron chi connectivity index (χ2n) is 9.31. The van der Waals surface area contributed by atoms with Gasteiger partial charge < -0.3 is 19.4 Å². The molecule has 2 bridgehead atoms. The van der Waals surface area contributed by atoms with Crippen molar-refractivity contribution in [2.75, 3.05) is 42.6 Å². The number of carbonyl (C=O) groups is 1. The van der Waals surface area contributed by atoms with Crippen molar-refractivity contribution in [2.24, 2.45) is 5.92 Å². The summed E-state index contributed by atoms with van der Waals surface area (Å²) >= 11 is 0. The molecule has 11 heteroatoms. The Morgan fingerprint density at radius 3 is 2.59 bits per heavy atom. The Bertz CT molecular complexity index is 915. The van der Waals surface area contributed by atoms with Crippen molar-refractivity contribution in [2.45, 2.75) is 63.0 Å². The third-order valence-electron chi connectivity index (χ3n) is 7.38. The normalized spacial score (nSPS) is 28.3. The minimum atomic E-state index is -4.40. The zero-order chi connectivity index (χ0) is 22.5. The van der Waals surface area contributed by atoms with E-state index in [2.05, 4.69) is 4.98 Å². The minimum absolute atomic E-state index is 0.00894. The molecule has 0 radical (unpaired) electrons. The third kappa shape index (κ3) is 3.95. The number of morpholine rings is 1. The second kappa shape index (κ2) is 8.24. The molecule has 5 heterocycles. The lowest BCUT2D eigenvalue weighted by molar-refractivity contribution is -0.152. The molecule has 1 aromatic rings. The van der Waals surface area contributed by atoms with Crippen LogP contribution in [0.4, 0.5) is 24.9 Å². The van der Waals surface area contributed by atoms with Gasteiger partial charge in [-0.2, -0.15) is 18.2 Å². The number of halogens is 3. The Kier molecular flexibility index (Phi) is 5.55. The van der Waals surface area contributed by atoms with Gasteiger partial charge in [0.05, 0.1) is 18.8 Å². The molecule has 0 aliphatic carbocycles. The predicted octanol–water partition coefficient (Wildman–Crippen LogP) is 1.62. The van der Waals surface area contributed by atoms with Gasteiger partial charge in [-0.25, -0.2) is 0 Å². The fourth-order valence-corrected chi connectivity index (χ4v) is 5.55. The Morgan fingerprint density at radius 2 is 1.97 bits per heavy atom. The summed E-state index contributed by atoms with van der Waals surface area (Å²) in [4.78, 5) is 33.4. The zero-order valence-corrected chi connectivity index (χ0v) is 17.8. The fraction of sp³-hybridized carbons (Fsp3) is 0.762. The van der Waals surface area contributed by atoms with Gasteiger partial charge in [-0.05, 0) is 38.0 Å². The van der Waals surface area contributed by atoms with Gasteiger partial charge in [-0.1, -0.05) is 0 Å². The number of likely N-dealkylation sites (tertiary alicyclic amines) is 1. The lowest BCUT2D eigenvalue weighted by atomic mass is 9.93. The minimum Gasteiger partial charge on any atom is -0.374 e. The molecular weight excluding hydrogens is 427 g/mol. The van der Waals surface area contributed by atoms with Crippen molar-refractivity contribution in [3.05, 3.63) is 16.4 Å². The second-order valence-corrected chi connectivity index (χ2v) is 9.31. The first-order chi connectivity index (χ1) is 15.3. The van der Waals surface area contributed by atoms with Crippen LogP contribution in [0.5, 0.6) is 0 Å². The number of fused-ring (bicyclic) bond motifs is 3. The van der Waals surface area contributed by atoms with Crippen LogP contribution in [0.3, 0.4) is 0 Å². The molecule has 3 saturated heterocycles. The van der Waals surface area contributed by atoms with Crippen LogP contribution in [0.25, 0.3) is 0 Å². The van der Waals surface area contributed by atoms with Crippen molar-refractivity contribution >= 4 is 18.2 Å². The number of amides is 1. The van der Waals surface area contributed by atoms with E-state index in [-0.39, 0.29) is 49.1 Å². The van der Waals surface area contributed by atoms with Crippen molar-refractivity contribution in [3.63, 3.8) is 0 Å². The Balaban J connectivity index is 1.41. The fourth-order valence-electron chi connectivity index (χ4n) is 5.55. The summed E-state index contributed by atoms with van der Waals surface area (Å²) in [5.41, 5.74) is -0.307. The van der Waals surface area contributed by atoms with E-state index in [1.807, 2.05) is 4.90 Å². The van der Waals surface area contributed by atoms with Crippen molar-refractivity contribution < 1.29 is 22.7 Å². The molecule has 0 N–H and O–H groups in total. The van der Waals surface area contributed by atoms with Gasteiger partial charge in [0.15, 0.2) is 0 Å². The van der Waals surface area contributed by atoms with E-state index in [1.54, 1.807) is 4.90 Å². The summed E-state index contributed by atoms with van der Waals surface area (Å²) in [7, 11) is 0. The van der Waals surface area contributed by atoms with E-state index in [0.717, 1.165) is 25.7 Å². The van der Waals surface area contributed by atoms with E-state index in [4.69, 9.17) is 4.74 Å². The number of nitrogens with zero attached hydrogens (tertiary/aromatic N) is 5. The monoisotopic (exact) mass is 455 g/mol. The topological polar surface area (TPSA) is 70.9 Å². The van der Waals surface area contributed by atoms with Gasteiger partial charge in [-0.3, -0.25) is 14.2 Å². The molecule has 32 heavy (non-hydrogen) atoms. The maximum absolute atomic E-state index is 13.9. The number of hydrogen-bond donors (Lipinski definition) is 0. The molecule has 0 spiro atoms. The van der Waals surface area contributed by atoms with Crippen LogP contribution < -0.4 is 15.4 Å². The number of anilines is 2. The van der Waals surface area contributed by atoms with Crippen LogP contribution >= 0.6 is 0 Å². The molecule has 5 rings (SSSR count). The molecule has 2 unspecified atom stereocenters. The zero-order valence-electron chi connectivity index (χ0n) is 17.8. The number of piperidine rings is 1. The Hall–Kier alpha value is -2.30. The van der Waals surface area contributed by atoms with Crippen LogP contribution in [0.1, 0.15) is 32.1 Å². The van der Waals surface area contributed by atoms with Gasteiger partial charge in [-0.15, -0.1) is 0 Å². The molecule has 176 valence electrons. The summed E-state index contributed by atoms with van der Waals surface area (Å²) < 4.78 is 48.8. The summed E-state index contributed by atoms with van der Waals surface area (Å²) in [6.45, 7) is 2.62. The van der Waals surface area contributed by atoms with Crippen LogP contribution in [0, 0.1) is 5.92 Å². The highest BCUT2D eigenvalue weighted by molar-refractivity contribution is 5.49. The highest BCUT2D eigenvalue weighted by Gasteiger charge is 2.47. The average Bonchev–Trinajstić information content (AvgIpc) is 3.41. The highest BCUT2D eigenvalue weighted by atomic mass is 19.4. The molecule has 4 aliphatic rings. The predicted molar refractivity (Wildman–Crippen MR) is 111 cm³/mol. The van der Waals surface area contributed by atoms with Crippen LogP contribution in [0.15, 0.2) is 10.9 Å². The average molecular weight is 455 g/mol. The number of hydrogen-bond acceptors (Lipinski definition) is 6. The molecule has 0 saturated carbocycles. The van der Waals surface area contributed by atoms with Gasteiger partial charge >= 0.3 is 6.18 Å². The van der Waals surface area contributed by atoms with Crippen LogP contribution in [-0.4, -0.2) is 78.0 Å². The number of rotatable bonds is 5. The Labute approximate surface area is 183 Å². The van der Waals surface area contributed by atoms with E-state index < -0.39 is 12.2 Å². The van der Waals surface area contributed by atoms with E-state index in [1.165, 1.54) is 15.5 Å². The maximum Gasteiger partial charge on any atom is 0.408 e. The summed E-state index contributed by atoms with van der Waals surface area (Å²) in [6, 6.07) is -0.0858. The van der Waals surface area contributed by atoms with E-state index in [0.29, 0.717) is 38.5 Å². The molecule has 8 nitrogen and oxygen atoms in total. The first-order valence-corrected chi connectivity index (χ1v) is 11.4. The summed E-state index contributed by atoms with van der Waals surface area (Å²) in [5, 5.41) is 0. The standard InChI is InChI=1S/C21H28F3N5O3/c22-21(23,24)17-4-8-28-19(31)10-18(29-11-16-9-15(29)12-32-16)25-20(28)27(17)7-3-14-1-5-26(13-30)6-2-14/h10,13-17H,1-9,11-12H2/t15?,16-,17?/m0/s1. The van der Waals surface area contributed by atoms with E-state index in [9.17, 15) is 22.8 Å². The first-order valence-electron chi connectivity index (χ1n) is 11.4. The maximum atomic E-state index is 13.9. The molecule has 3 fully saturated rings. The van der Waals surface area contributed by atoms with Crippen molar-refractivity contribution in [1.82, 2.24) is 14.5 Å². The molecule has 1 aromatic heterocycles. The number of aromatic nitrogens is 2. The van der Waals surface area contributed by atoms with Gasteiger partial charge in [0, 0.05) is 38.8 Å². The lowest BCUT2D eigenvalue weighted by Gasteiger charge is -2.40. The van der Waals surface area contributed by atoms with Crippen LogP contribution in [0.2, 0.25) is 0 Å². The Morgan fingerprint density at radius 1 is 1.19 bits per heavy atom. The molecule has 3 atom stereocenters. The van der Waals surface area contributed by atoms with Gasteiger partial charge in [0.2, 0.25) is 12.4 Å². The first kappa shape index (κ1) is 21.5. The SMILES string of the molecule is O=CN1CCC(CCN2c3nc(N4C[C@@H]5CC4CO5)cc(=O)n3CCC2C(F)(F)F)CC1. The molecule has 0 aromatic carbocycles. The summed E-state index contributed by atoms with van der Waals surface area (Å²) in [6.07, 6.45) is -0.664. The largest absolute Gasteiger partial charge is 0.408 e. The summed E-state index contributed by atoms with van der Waals surface area (Å²) in [5.74, 6) is 0.816. The third-order valence-corrected chi connectivity index (χ3v) is 7.38. The smallest absolute Gasteiger partial charge is 0.374 e. The quantitative estimate of drug-likeness (QED) is 0.629. The number of carbonyl (C=O) groups excluding carboxylic acids is 1. The van der Waals surface area contributed by atoms with Crippen molar-refractivity contribution in [3.8, 4) is 0 Å². The molecular formula is C21H28F3N5O3. The van der Waals surface area contributed by atoms with Gasteiger partial charge in [0.25, 0.3) is 5.56 Å². The molecule has 1 amide bonds.